The second kappa shape index (κ2) is 9.18. The number of rotatable bonds is 6. The van der Waals surface area contributed by atoms with E-state index in [9.17, 15) is 9.59 Å². The Morgan fingerprint density at radius 3 is 2.56 bits per heavy atom. The van der Waals surface area contributed by atoms with Crippen LogP contribution in [0.4, 0.5) is 5.69 Å². The predicted molar refractivity (Wildman–Crippen MR) is 105 cm³/mol. The van der Waals surface area contributed by atoms with Gasteiger partial charge < -0.3 is 10.6 Å². The van der Waals surface area contributed by atoms with Crippen molar-refractivity contribution in [2.45, 2.75) is 20.3 Å². The van der Waals surface area contributed by atoms with Crippen molar-refractivity contribution in [1.82, 2.24) is 5.32 Å². The SMILES string of the molecule is C/C(=C\C(=O)NCCC(=O)Nc1cc(Br)ccc1C)c1ccccc1. The number of hydrogen-bond donors (Lipinski definition) is 2. The minimum atomic E-state index is -0.201. The third kappa shape index (κ3) is 6.19. The van der Waals surface area contributed by atoms with Gasteiger partial charge in [-0.1, -0.05) is 52.3 Å². The lowest BCUT2D eigenvalue weighted by atomic mass is 10.1. The van der Waals surface area contributed by atoms with E-state index in [0.717, 1.165) is 26.9 Å². The highest BCUT2D eigenvalue weighted by Gasteiger charge is 2.06. The summed E-state index contributed by atoms with van der Waals surface area (Å²) >= 11 is 3.39. The van der Waals surface area contributed by atoms with Gasteiger partial charge >= 0.3 is 0 Å². The fourth-order valence-electron chi connectivity index (χ4n) is 2.27. The van der Waals surface area contributed by atoms with E-state index in [1.165, 1.54) is 0 Å². The highest BCUT2D eigenvalue weighted by Crippen LogP contribution is 2.20. The number of anilines is 1. The van der Waals surface area contributed by atoms with Crippen LogP contribution in [0.3, 0.4) is 0 Å². The van der Waals surface area contributed by atoms with Gasteiger partial charge in [0.15, 0.2) is 0 Å². The van der Waals surface area contributed by atoms with Gasteiger partial charge in [-0.15, -0.1) is 0 Å². The zero-order valence-corrected chi connectivity index (χ0v) is 15.9. The zero-order valence-electron chi connectivity index (χ0n) is 14.3. The van der Waals surface area contributed by atoms with E-state index in [2.05, 4.69) is 26.6 Å². The van der Waals surface area contributed by atoms with Gasteiger partial charge in [-0.05, 0) is 42.7 Å². The molecule has 130 valence electrons. The molecule has 0 fully saturated rings. The van der Waals surface area contributed by atoms with Crippen LogP contribution in [0.2, 0.25) is 0 Å². The first-order valence-electron chi connectivity index (χ1n) is 8.03. The molecule has 2 rings (SSSR count). The van der Waals surface area contributed by atoms with Crippen molar-refractivity contribution >= 4 is 39.0 Å². The zero-order chi connectivity index (χ0) is 18.2. The summed E-state index contributed by atoms with van der Waals surface area (Å²) in [7, 11) is 0. The lowest BCUT2D eigenvalue weighted by molar-refractivity contribution is -0.117. The van der Waals surface area contributed by atoms with Crippen molar-refractivity contribution in [3.63, 3.8) is 0 Å². The van der Waals surface area contributed by atoms with Gasteiger partial charge in [-0.25, -0.2) is 0 Å². The molecule has 25 heavy (non-hydrogen) atoms. The first-order valence-corrected chi connectivity index (χ1v) is 8.82. The van der Waals surface area contributed by atoms with Crippen molar-refractivity contribution in [3.8, 4) is 0 Å². The Labute approximate surface area is 156 Å². The van der Waals surface area contributed by atoms with Crippen molar-refractivity contribution < 1.29 is 9.59 Å². The van der Waals surface area contributed by atoms with Gasteiger partial charge in [-0.2, -0.15) is 0 Å². The van der Waals surface area contributed by atoms with Gasteiger partial charge in [0.2, 0.25) is 11.8 Å². The predicted octanol–water partition coefficient (Wildman–Crippen LogP) is 4.31. The number of aryl methyl sites for hydroxylation is 1. The number of benzene rings is 2. The van der Waals surface area contributed by atoms with Gasteiger partial charge in [0.1, 0.15) is 0 Å². The van der Waals surface area contributed by atoms with Gasteiger partial charge in [0.25, 0.3) is 0 Å². The molecule has 2 amide bonds. The molecule has 0 aromatic heterocycles. The molecule has 2 N–H and O–H groups in total. The summed E-state index contributed by atoms with van der Waals surface area (Å²) in [6.07, 6.45) is 1.77. The topological polar surface area (TPSA) is 58.2 Å². The standard InChI is InChI=1S/C20H21BrN2O2/c1-14-8-9-17(21)13-18(14)23-19(24)10-11-22-20(25)12-15(2)16-6-4-3-5-7-16/h3-9,12-13H,10-11H2,1-2H3,(H,22,25)(H,23,24)/b15-12+. The molecule has 2 aromatic carbocycles. The average Bonchev–Trinajstić information content (AvgIpc) is 2.59. The molecular formula is C20H21BrN2O2. The molecule has 0 heterocycles. The number of allylic oxidation sites excluding steroid dienone is 1. The maximum absolute atomic E-state index is 12.0. The van der Waals surface area contributed by atoms with E-state index in [-0.39, 0.29) is 24.8 Å². The van der Waals surface area contributed by atoms with Crippen LogP contribution < -0.4 is 10.6 Å². The van der Waals surface area contributed by atoms with Crippen LogP contribution in [-0.2, 0) is 9.59 Å². The van der Waals surface area contributed by atoms with Crippen LogP contribution in [0.15, 0.2) is 59.1 Å². The lowest BCUT2D eigenvalue weighted by Crippen LogP contribution is -2.26. The first kappa shape index (κ1) is 18.9. The molecule has 0 aliphatic carbocycles. The Kier molecular flexibility index (Phi) is 6.95. The van der Waals surface area contributed by atoms with Crippen LogP contribution in [0.1, 0.15) is 24.5 Å². The maximum Gasteiger partial charge on any atom is 0.244 e. The fraction of sp³-hybridized carbons (Fsp3) is 0.200. The van der Waals surface area contributed by atoms with E-state index in [0.29, 0.717) is 0 Å². The van der Waals surface area contributed by atoms with Gasteiger partial charge in [0, 0.05) is 29.2 Å². The minimum absolute atomic E-state index is 0.134. The molecule has 5 heteroatoms. The van der Waals surface area contributed by atoms with Gasteiger partial charge in [-0.3, -0.25) is 9.59 Å². The molecule has 0 saturated carbocycles. The van der Waals surface area contributed by atoms with E-state index < -0.39 is 0 Å². The summed E-state index contributed by atoms with van der Waals surface area (Å²) in [5, 5.41) is 5.60. The first-order chi connectivity index (χ1) is 12.0. The molecule has 0 bridgehead atoms. The molecule has 0 saturated heterocycles. The molecule has 0 atom stereocenters. The maximum atomic E-state index is 12.0. The highest BCUT2D eigenvalue weighted by atomic mass is 79.9. The fourth-order valence-corrected chi connectivity index (χ4v) is 2.63. The average molecular weight is 401 g/mol. The van der Waals surface area contributed by atoms with E-state index in [1.807, 2.05) is 62.4 Å². The molecule has 0 radical (unpaired) electrons. The van der Waals surface area contributed by atoms with Crippen LogP contribution in [-0.4, -0.2) is 18.4 Å². The Hall–Kier alpha value is -2.40. The number of carbonyl (C=O) groups excluding carboxylic acids is 2. The quantitative estimate of drug-likeness (QED) is 0.709. The minimum Gasteiger partial charge on any atom is -0.352 e. The van der Waals surface area contributed by atoms with E-state index in [4.69, 9.17) is 0 Å². The molecule has 0 aliphatic rings. The Morgan fingerprint density at radius 2 is 1.84 bits per heavy atom. The van der Waals surface area contributed by atoms with Crippen molar-refractivity contribution in [2.75, 3.05) is 11.9 Å². The number of hydrogen-bond acceptors (Lipinski definition) is 2. The summed E-state index contributed by atoms with van der Waals surface area (Å²) < 4.78 is 0.906. The number of nitrogens with one attached hydrogen (secondary N) is 2. The Balaban J connectivity index is 1.81. The van der Waals surface area contributed by atoms with Crippen LogP contribution in [0, 0.1) is 6.92 Å². The van der Waals surface area contributed by atoms with Gasteiger partial charge in [0.05, 0.1) is 0 Å². The Morgan fingerprint density at radius 1 is 1.12 bits per heavy atom. The van der Waals surface area contributed by atoms with Crippen LogP contribution in [0.5, 0.6) is 0 Å². The smallest absolute Gasteiger partial charge is 0.244 e. The molecule has 4 nitrogen and oxygen atoms in total. The number of amides is 2. The normalized spacial score (nSPS) is 11.1. The second-order valence-corrected chi connectivity index (χ2v) is 6.66. The third-order valence-corrected chi connectivity index (χ3v) is 4.19. The summed E-state index contributed by atoms with van der Waals surface area (Å²) in [5.74, 6) is -0.335. The molecule has 0 aliphatic heterocycles. The summed E-state index contributed by atoms with van der Waals surface area (Å²) in [6.45, 7) is 4.11. The second-order valence-electron chi connectivity index (χ2n) is 5.74. The van der Waals surface area contributed by atoms with Crippen molar-refractivity contribution in [1.29, 1.82) is 0 Å². The van der Waals surface area contributed by atoms with E-state index >= 15 is 0 Å². The van der Waals surface area contributed by atoms with Crippen LogP contribution in [0.25, 0.3) is 5.57 Å². The van der Waals surface area contributed by atoms with Crippen molar-refractivity contribution in [3.05, 3.63) is 70.2 Å². The molecular weight excluding hydrogens is 380 g/mol. The van der Waals surface area contributed by atoms with Crippen LogP contribution >= 0.6 is 15.9 Å². The number of halogens is 1. The molecule has 2 aromatic rings. The summed E-state index contributed by atoms with van der Waals surface area (Å²) in [5.41, 5.74) is 3.64. The summed E-state index contributed by atoms with van der Waals surface area (Å²) in [4.78, 5) is 23.9. The highest BCUT2D eigenvalue weighted by molar-refractivity contribution is 9.10. The number of carbonyl (C=O) groups is 2. The summed E-state index contributed by atoms with van der Waals surface area (Å²) in [6, 6.07) is 15.4. The molecule has 0 spiro atoms. The largest absolute Gasteiger partial charge is 0.352 e. The molecule has 0 unspecified atom stereocenters. The lowest BCUT2D eigenvalue weighted by Gasteiger charge is -2.09. The van der Waals surface area contributed by atoms with E-state index in [1.54, 1.807) is 6.08 Å². The van der Waals surface area contributed by atoms with Crippen molar-refractivity contribution in [2.24, 2.45) is 0 Å². The monoisotopic (exact) mass is 400 g/mol. The third-order valence-electron chi connectivity index (χ3n) is 3.70. The Bertz CT molecular complexity index is 786.